The number of ether oxygens (including phenoxy) is 3. The number of benzene rings is 1. The number of amides is 2. The van der Waals surface area contributed by atoms with E-state index in [0.29, 0.717) is 0 Å². The maximum absolute atomic E-state index is 12.5. The highest BCUT2D eigenvalue weighted by Gasteiger charge is 2.27. The molecule has 9 heteroatoms. The summed E-state index contributed by atoms with van der Waals surface area (Å²) in [5, 5.41) is 4.89. The Balaban J connectivity index is 2.63. The monoisotopic (exact) mass is 448 g/mol. The zero-order chi connectivity index (χ0) is 24.1. The van der Waals surface area contributed by atoms with Crippen molar-refractivity contribution in [1.29, 1.82) is 0 Å². The molecule has 0 unspecified atom stereocenters. The van der Waals surface area contributed by atoms with Gasteiger partial charge in [0.25, 0.3) is 0 Å². The van der Waals surface area contributed by atoms with Crippen LogP contribution in [0.3, 0.4) is 0 Å². The summed E-state index contributed by atoms with van der Waals surface area (Å²) in [7, 11) is 0. The van der Waals surface area contributed by atoms with Gasteiger partial charge in [0.15, 0.2) is 0 Å². The van der Waals surface area contributed by atoms with E-state index in [0.717, 1.165) is 5.56 Å². The Kier molecular flexibility index (Phi) is 11.0. The molecule has 1 aromatic carbocycles. The van der Waals surface area contributed by atoms with Crippen LogP contribution in [-0.4, -0.2) is 48.2 Å². The molecule has 0 heterocycles. The fraction of sp³-hybridized carbons (Fsp3) is 0.478. The number of carbonyl (C=O) groups is 4. The lowest BCUT2D eigenvalue weighted by Gasteiger charge is -2.23. The second-order valence-corrected chi connectivity index (χ2v) is 8.03. The van der Waals surface area contributed by atoms with Gasteiger partial charge in [0, 0.05) is 6.42 Å². The number of rotatable bonds is 11. The molecule has 0 saturated heterocycles. The Morgan fingerprint density at radius 1 is 1.06 bits per heavy atom. The minimum atomic E-state index is -1.10. The van der Waals surface area contributed by atoms with Crippen molar-refractivity contribution in [3.05, 3.63) is 48.6 Å². The van der Waals surface area contributed by atoms with Crippen LogP contribution in [0.5, 0.6) is 0 Å². The fourth-order valence-electron chi connectivity index (χ4n) is 2.41. The lowest BCUT2D eigenvalue weighted by molar-refractivity contribution is -0.149. The first kappa shape index (κ1) is 26.7. The fourth-order valence-corrected chi connectivity index (χ4v) is 2.41. The Morgan fingerprint density at radius 3 is 2.31 bits per heavy atom. The van der Waals surface area contributed by atoms with Gasteiger partial charge in [-0.2, -0.15) is 0 Å². The quantitative estimate of drug-likeness (QED) is 0.303. The summed E-state index contributed by atoms with van der Waals surface area (Å²) in [4.78, 5) is 48.7. The zero-order valence-corrected chi connectivity index (χ0v) is 19.0. The van der Waals surface area contributed by atoms with Crippen molar-refractivity contribution in [2.75, 3.05) is 6.61 Å². The molecule has 1 rings (SSSR count). The average Bonchev–Trinajstić information content (AvgIpc) is 2.72. The summed E-state index contributed by atoms with van der Waals surface area (Å²) < 4.78 is 15.3. The number of alkyl carbamates (subject to hydrolysis) is 1. The van der Waals surface area contributed by atoms with E-state index in [1.165, 1.54) is 13.0 Å². The Labute approximate surface area is 188 Å². The van der Waals surface area contributed by atoms with Crippen molar-refractivity contribution < 1.29 is 33.4 Å². The molecular weight excluding hydrogens is 416 g/mol. The van der Waals surface area contributed by atoms with Crippen LogP contribution in [0.25, 0.3) is 0 Å². The van der Waals surface area contributed by atoms with E-state index in [1.807, 2.05) is 30.3 Å². The van der Waals surface area contributed by atoms with Crippen LogP contribution in [0.2, 0.25) is 0 Å². The molecule has 1 aromatic rings. The molecule has 0 saturated carbocycles. The van der Waals surface area contributed by atoms with Crippen LogP contribution >= 0.6 is 0 Å². The van der Waals surface area contributed by atoms with Gasteiger partial charge < -0.3 is 24.8 Å². The highest BCUT2D eigenvalue weighted by Crippen LogP contribution is 2.08. The molecule has 2 atom stereocenters. The van der Waals surface area contributed by atoms with Crippen molar-refractivity contribution >= 4 is 23.9 Å². The Morgan fingerprint density at radius 2 is 1.72 bits per heavy atom. The second-order valence-electron chi connectivity index (χ2n) is 8.03. The molecule has 0 aliphatic heterocycles. The minimum absolute atomic E-state index is 0.0332. The lowest BCUT2D eigenvalue weighted by atomic mass is 10.1. The lowest BCUT2D eigenvalue weighted by Crippen LogP contribution is -2.51. The van der Waals surface area contributed by atoms with Crippen molar-refractivity contribution in [2.24, 2.45) is 0 Å². The van der Waals surface area contributed by atoms with Crippen LogP contribution < -0.4 is 10.6 Å². The topological polar surface area (TPSA) is 120 Å². The van der Waals surface area contributed by atoms with E-state index in [1.54, 1.807) is 20.8 Å². The molecular formula is C23H32N2O7. The maximum atomic E-state index is 12.5. The molecule has 2 N–H and O–H groups in total. The molecule has 0 bridgehead atoms. The van der Waals surface area contributed by atoms with Gasteiger partial charge in [0.05, 0.1) is 0 Å². The van der Waals surface area contributed by atoms with E-state index in [9.17, 15) is 19.2 Å². The van der Waals surface area contributed by atoms with Crippen molar-refractivity contribution in [3.8, 4) is 0 Å². The summed E-state index contributed by atoms with van der Waals surface area (Å²) in [5.41, 5.74) is 0.107. The molecule has 176 valence electrons. The van der Waals surface area contributed by atoms with E-state index in [2.05, 4.69) is 17.2 Å². The van der Waals surface area contributed by atoms with Crippen LogP contribution in [0.15, 0.2) is 43.0 Å². The minimum Gasteiger partial charge on any atom is -0.461 e. The predicted octanol–water partition coefficient (Wildman–Crippen LogP) is 2.64. The number of hydrogen-bond acceptors (Lipinski definition) is 7. The highest BCUT2D eigenvalue weighted by molar-refractivity contribution is 5.89. The molecule has 0 aliphatic rings. The molecule has 2 amide bonds. The second kappa shape index (κ2) is 13.1. The van der Waals surface area contributed by atoms with Crippen LogP contribution in [-0.2, 0) is 35.2 Å². The zero-order valence-electron chi connectivity index (χ0n) is 19.0. The number of hydrogen-bond donors (Lipinski definition) is 2. The van der Waals surface area contributed by atoms with E-state index < -0.39 is 41.6 Å². The third-order valence-corrected chi connectivity index (χ3v) is 3.95. The SMILES string of the molecule is C=CCOC(=O)[C@@H](CCC(=O)OCc1ccccc1)NC(=O)[C@H](C)NC(=O)OC(C)(C)C. The molecule has 0 fully saturated rings. The molecule has 0 aromatic heterocycles. The molecule has 0 radical (unpaired) electrons. The van der Waals surface area contributed by atoms with Gasteiger partial charge in [-0.1, -0.05) is 43.0 Å². The van der Waals surface area contributed by atoms with Crippen LogP contribution in [0.4, 0.5) is 4.79 Å². The van der Waals surface area contributed by atoms with Crippen LogP contribution in [0.1, 0.15) is 46.1 Å². The first-order chi connectivity index (χ1) is 15.0. The maximum Gasteiger partial charge on any atom is 0.408 e. The van der Waals surface area contributed by atoms with Gasteiger partial charge in [-0.3, -0.25) is 9.59 Å². The first-order valence-electron chi connectivity index (χ1n) is 10.3. The highest BCUT2D eigenvalue weighted by atomic mass is 16.6. The molecule has 0 aliphatic carbocycles. The summed E-state index contributed by atoms with van der Waals surface area (Å²) in [6, 6.07) is 7.07. The number of nitrogens with one attached hydrogen (secondary N) is 2. The summed E-state index contributed by atoms with van der Waals surface area (Å²) in [5.74, 6) is -1.88. The Hall–Kier alpha value is -3.36. The van der Waals surface area contributed by atoms with E-state index in [4.69, 9.17) is 14.2 Å². The summed E-state index contributed by atoms with van der Waals surface area (Å²) in [6.07, 6.45) is 0.469. The van der Waals surface area contributed by atoms with Gasteiger partial charge in [-0.05, 0) is 39.7 Å². The summed E-state index contributed by atoms with van der Waals surface area (Å²) in [6.45, 7) is 10.1. The normalized spacial score (nSPS) is 12.6. The van der Waals surface area contributed by atoms with Gasteiger partial charge in [-0.15, -0.1) is 0 Å². The van der Waals surface area contributed by atoms with Crippen molar-refractivity contribution in [3.63, 3.8) is 0 Å². The van der Waals surface area contributed by atoms with Crippen molar-refractivity contribution in [1.82, 2.24) is 10.6 Å². The number of esters is 2. The Bertz CT molecular complexity index is 787. The summed E-state index contributed by atoms with van der Waals surface area (Å²) >= 11 is 0. The third kappa shape index (κ3) is 11.1. The van der Waals surface area contributed by atoms with Crippen LogP contribution in [0, 0.1) is 0 Å². The van der Waals surface area contributed by atoms with Gasteiger partial charge >= 0.3 is 18.0 Å². The van der Waals surface area contributed by atoms with E-state index in [-0.39, 0.29) is 26.1 Å². The molecule has 9 nitrogen and oxygen atoms in total. The van der Waals surface area contributed by atoms with Crippen molar-refractivity contribution in [2.45, 2.75) is 64.8 Å². The predicted molar refractivity (Wildman–Crippen MR) is 117 cm³/mol. The van der Waals surface area contributed by atoms with Gasteiger partial charge in [-0.25, -0.2) is 9.59 Å². The van der Waals surface area contributed by atoms with Gasteiger partial charge in [0.1, 0.15) is 30.9 Å². The average molecular weight is 449 g/mol. The third-order valence-electron chi connectivity index (χ3n) is 3.95. The molecule has 0 spiro atoms. The first-order valence-corrected chi connectivity index (χ1v) is 10.3. The standard InChI is InChI=1S/C23H32N2O7/c1-6-14-30-21(28)18(12-13-19(26)31-15-17-10-8-7-9-11-17)25-20(27)16(2)24-22(29)32-23(3,4)5/h6-11,16,18H,1,12-15H2,2-5H3,(H,24,29)(H,25,27)/t16-,18+/m0/s1. The molecule has 32 heavy (non-hydrogen) atoms. The number of carbonyl (C=O) groups excluding carboxylic acids is 4. The van der Waals surface area contributed by atoms with Gasteiger partial charge in [0.2, 0.25) is 5.91 Å². The van der Waals surface area contributed by atoms with E-state index >= 15 is 0 Å². The largest absolute Gasteiger partial charge is 0.461 e. The smallest absolute Gasteiger partial charge is 0.408 e.